The van der Waals surface area contributed by atoms with Gasteiger partial charge in [0.05, 0.1) is 31.3 Å². The summed E-state index contributed by atoms with van der Waals surface area (Å²) < 4.78 is 5.53. The highest BCUT2D eigenvalue weighted by Gasteiger charge is 2.29. The van der Waals surface area contributed by atoms with Crippen LogP contribution in [0, 0.1) is 5.92 Å². The molecule has 1 amide bonds. The number of ether oxygens (including phenoxy) is 1. The van der Waals surface area contributed by atoms with Gasteiger partial charge in [0.2, 0.25) is 5.91 Å². The fraction of sp³-hybridized carbons (Fsp3) is 0.375. The van der Waals surface area contributed by atoms with Crippen LogP contribution in [0.15, 0.2) is 36.5 Å². The Balaban J connectivity index is 0.00000132. The van der Waals surface area contributed by atoms with Gasteiger partial charge < -0.3 is 15.8 Å². The summed E-state index contributed by atoms with van der Waals surface area (Å²) in [5.41, 5.74) is 7.60. The van der Waals surface area contributed by atoms with Gasteiger partial charge in [0.1, 0.15) is 0 Å². The summed E-state index contributed by atoms with van der Waals surface area (Å²) >= 11 is 0. The van der Waals surface area contributed by atoms with E-state index in [1.54, 1.807) is 0 Å². The van der Waals surface area contributed by atoms with E-state index >= 15 is 0 Å². The minimum absolute atomic E-state index is 0. The lowest BCUT2D eigenvalue weighted by molar-refractivity contribution is -0.120. The van der Waals surface area contributed by atoms with Gasteiger partial charge >= 0.3 is 0 Å². The number of benzene rings is 1. The minimum Gasteiger partial charge on any atom is -0.379 e. The van der Waals surface area contributed by atoms with E-state index in [-0.39, 0.29) is 49.2 Å². The van der Waals surface area contributed by atoms with E-state index in [1.807, 2.05) is 30.5 Å². The molecule has 1 aromatic heterocycles. The number of fused-ring (bicyclic) bond motifs is 1. The lowest BCUT2D eigenvalue weighted by Crippen LogP contribution is -2.43. The molecule has 0 unspecified atom stereocenters. The van der Waals surface area contributed by atoms with Crippen molar-refractivity contribution in [2.24, 2.45) is 11.7 Å². The predicted octanol–water partition coefficient (Wildman–Crippen LogP) is 1.71. The van der Waals surface area contributed by atoms with Gasteiger partial charge in [-0.3, -0.25) is 9.78 Å². The Morgan fingerprint density at radius 3 is 2.83 bits per heavy atom. The van der Waals surface area contributed by atoms with Crippen LogP contribution in [0.5, 0.6) is 0 Å². The van der Waals surface area contributed by atoms with Gasteiger partial charge in [0, 0.05) is 17.5 Å². The molecule has 1 fully saturated rings. The molecular weight excluding hydrogens is 337 g/mol. The van der Waals surface area contributed by atoms with Crippen LogP contribution in [0.4, 0.5) is 0 Å². The van der Waals surface area contributed by atoms with Crippen molar-refractivity contribution in [3.05, 3.63) is 42.1 Å². The molecule has 0 bridgehead atoms. The van der Waals surface area contributed by atoms with Gasteiger partial charge in [-0.15, -0.1) is 24.8 Å². The van der Waals surface area contributed by atoms with Gasteiger partial charge in [-0.05, 0) is 24.1 Å². The summed E-state index contributed by atoms with van der Waals surface area (Å²) in [6.45, 7) is 1.23. The summed E-state index contributed by atoms with van der Waals surface area (Å²) in [7, 11) is 0. The van der Waals surface area contributed by atoms with Crippen molar-refractivity contribution in [2.75, 3.05) is 19.8 Å². The van der Waals surface area contributed by atoms with E-state index < -0.39 is 0 Å². The van der Waals surface area contributed by atoms with Crippen LogP contribution in [0.3, 0.4) is 0 Å². The average Bonchev–Trinajstić information content (AvgIpc) is 2.94. The summed E-state index contributed by atoms with van der Waals surface area (Å²) in [6.07, 6.45) is 2.69. The number of nitrogens with one attached hydrogen (secondary N) is 1. The van der Waals surface area contributed by atoms with Gasteiger partial charge in [0.15, 0.2) is 0 Å². The summed E-state index contributed by atoms with van der Waals surface area (Å²) in [5, 5.41) is 4.11. The van der Waals surface area contributed by atoms with E-state index in [4.69, 9.17) is 10.5 Å². The van der Waals surface area contributed by atoms with Crippen LogP contribution in [0.1, 0.15) is 5.56 Å². The Bertz CT molecular complexity index is 649. The van der Waals surface area contributed by atoms with Crippen LogP contribution in [0.2, 0.25) is 0 Å². The fourth-order valence-corrected chi connectivity index (χ4v) is 2.84. The van der Waals surface area contributed by atoms with Crippen LogP contribution in [-0.4, -0.2) is 36.7 Å². The zero-order valence-corrected chi connectivity index (χ0v) is 14.2. The maximum absolute atomic E-state index is 11.5. The van der Waals surface area contributed by atoms with Crippen molar-refractivity contribution in [3.63, 3.8) is 0 Å². The van der Waals surface area contributed by atoms with Gasteiger partial charge in [-0.1, -0.05) is 18.2 Å². The molecule has 1 aromatic carbocycles. The Labute approximate surface area is 147 Å². The lowest BCUT2D eigenvalue weighted by atomic mass is 9.93. The number of rotatable bonds is 4. The highest BCUT2D eigenvalue weighted by molar-refractivity contribution is 5.85. The summed E-state index contributed by atoms with van der Waals surface area (Å²) in [5.74, 6) is 0.140. The molecule has 2 atom stereocenters. The van der Waals surface area contributed by atoms with Crippen LogP contribution in [-0.2, 0) is 16.0 Å². The van der Waals surface area contributed by atoms with Crippen molar-refractivity contribution < 1.29 is 9.53 Å². The predicted molar refractivity (Wildman–Crippen MR) is 95.2 cm³/mol. The third-order valence-corrected chi connectivity index (χ3v) is 3.95. The topological polar surface area (TPSA) is 77.2 Å². The van der Waals surface area contributed by atoms with Crippen LogP contribution >= 0.6 is 24.8 Å². The van der Waals surface area contributed by atoms with E-state index in [2.05, 4.69) is 16.4 Å². The zero-order chi connectivity index (χ0) is 14.7. The molecule has 3 N–H and O–H groups in total. The zero-order valence-electron chi connectivity index (χ0n) is 12.6. The number of aromatic nitrogens is 1. The molecule has 0 saturated carbocycles. The molecule has 23 heavy (non-hydrogen) atoms. The third kappa shape index (κ3) is 4.54. The monoisotopic (exact) mass is 357 g/mol. The number of halogens is 2. The van der Waals surface area contributed by atoms with E-state index in [0.29, 0.717) is 13.2 Å². The van der Waals surface area contributed by atoms with Crippen molar-refractivity contribution in [3.8, 4) is 0 Å². The first-order valence-electron chi connectivity index (χ1n) is 7.17. The highest BCUT2D eigenvalue weighted by Crippen LogP contribution is 2.24. The van der Waals surface area contributed by atoms with E-state index in [9.17, 15) is 4.79 Å². The first-order valence-corrected chi connectivity index (χ1v) is 7.17. The smallest absolute Gasteiger partial charge is 0.234 e. The SMILES string of the molecule is Cl.Cl.NCC(=O)N[C@H]1COC[C@H]1Cc1ccnc2ccccc12. The molecule has 5 nitrogen and oxygen atoms in total. The molecule has 1 aliphatic heterocycles. The maximum atomic E-state index is 11.5. The first kappa shape index (κ1) is 19.6. The van der Waals surface area contributed by atoms with Crippen LogP contribution < -0.4 is 11.1 Å². The Hall–Kier alpha value is -1.40. The molecule has 0 spiro atoms. The van der Waals surface area contributed by atoms with Crippen LogP contribution in [0.25, 0.3) is 10.9 Å². The number of para-hydroxylation sites is 1. The fourth-order valence-electron chi connectivity index (χ4n) is 2.84. The van der Waals surface area contributed by atoms with Gasteiger partial charge in [-0.25, -0.2) is 0 Å². The Kier molecular flexibility index (Phi) is 7.72. The van der Waals surface area contributed by atoms with Crippen molar-refractivity contribution in [2.45, 2.75) is 12.5 Å². The second kappa shape index (κ2) is 9.03. The molecular formula is C16H21Cl2N3O2. The Morgan fingerprint density at radius 2 is 2.04 bits per heavy atom. The lowest BCUT2D eigenvalue weighted by Gasteiger charge is -2.19. The number of nitrogens with zero attached hydrogens (tertiary/aromatic N) is 1. The second-order valence-electron chi connectivity index (χ2n) is 5.37. The molecule has 2 heterocycles. The standard InChI is InChI=1S/C16H19N3O2.2ClH/c17-8-16(20)19-15-10-21-9-12(15)7-11-5-6-18-14-4-2-1-3-13(11)14;;/h1-6,12,15H,7-10,17H2,(H,19,20);2*1H/t12-,15+;;/m1../s1. The number of carbonyl (C=O) groups is 1. The molecule has 2 aromatic rings. The van der Waals surface area contributed by atoms with Crippen molar-refractivity contribution >= 4 is 41.6 Å². The molecule has 3 rings (SSSR count). The van der Waals surface area contributed by atoms with Gasteiger partial charge in [0.25, 0.3) is 0 Å². The molecule has 7 heteroatoms. The van der Waals surface area contributed by atoms with Gasteiger partial charge in [-0.2, -0.15) is 0 Å². The molecule has 0 aliphatic carbocycles. The van der Waals surface area contributed by atoms with E-state index in [0.717, 1.165) is 17.3 Å². The Morgan fingerprint density at radius 1 is 1.26 bits per heavy atom. The number of pyridine rings is 1. The normalized spacial score (nSPS) is 19.7. The maximum Gasteiger partial charge on any atom is 0.234 e. The number of amides is 1. The van der Waals surface area contributed by atoms with E-state index in [1.165, 1.54) is 5.56 Å². The summed E-state index contributed by atoms with van der Waals surface area (Å²) in [6, 6.07) is 10.2. The number of nitrogens with two attached hydrogens (primary N) is 1. The average molecular weight is 358 g/mol. The van der Waals surface area contributed by atoms with Crippen molar-refractivity contribution in [1.82, 2.24) is 10.3 Å². The highest BCUT2D eigenvalue weighted by atomic mass is 35.5. The third-order valence-electron chi connectivity index (χ3n) is 3.95. The number of carbonyl (C=O) groups excluding carboxylic acids is 1. The largest absolute Gasteiger partial charge is 0.379 e. The second-order valence-corrected chi connectivity index (χ2v) is 5.37. The molecule has 0 radical (unpaired) electrons. The van der Waals surface area contributed by atoms with Crippen molar-refractivity contribution in [1.29, 1.82) is 0 Å². The molecule has 126 valence electrons. The summed E-state index contributed by atoms with van der Waals surface area (Å²) in [4.78, 5) is 15.9. The quantitative estimate of drug-likeness (QED) is 0.872. The number of hydrogen-bond acceptors (Lipinski definition) is 4. The first-order chi connectivity index (χ1) is 10.3. The molecule has 1 saturated heterocycles. The number of hydrogen-bond donors (Lipinski definition) is 2. The molecule has 1 aliphatic rings. The minimum atomic E-state index is -0.130.